The van der Waals surface area contributed by atoms with E-state index in [0.29, 0.717) is 6.04 Å². The zero-order valence-electron chi connectivity index (χ0n) is 12.7. The summed E-state index contributed by atoms with van der Waals surface area (Å²) in [5, 5.41) is 3.69. The topological polar surface area (TPSA) is 24.5 Å². The molecule has 3 rings (SSSR count). The minimum Gasteiger partial charge on any atom is -0.382 e. The summed E-state index contributed by atoms with van der Waals surface area (Å²) in [4.78, 5) is 2.49. The van der Waals surface area contributed by atoms with E-state index in [1.807, 2.05) is 0 Å². The summed E-state index contributed by atoms with van der Waals surface area (Å²) in [6.07, 6.45) is 4.82. The molecule has 0 aromatic heterocycles. The first-order chi connectivity index (χ1) is 9.62. The second kappa shape index (κ2) is 5.65. The fourth-order valence-electron chi connectivity index (χ4n) is 3.36. The van der Waals surface area contributed by atoms with E-state index < -0.39 is 0 Å². The lowest BCUT2D eigenvalue weighted by atomic mass is 9.94. The quantitative estimate of drug-likeness (QED) is 0.910. The summed E-state index contributed by atoms with van der Waals surface area (Å²) in [7, 11) is 0. The smallest absolute Gasteiger partial charge is 0.0646 e. The monoisotopic (exact) mass is 274 g/mol. The van der Waals surface area contributed by atoms with Crippen LogP contribution in [0, 0.1) is 0 Å². The van der Waals surface area contributed by atoms with Gasteiger partial charge in [0.15, 0.2) is 0 Å². The molecule has 1 N–H and O–H groups in total. The third-order valence-electron chi connectivity index (χ3n) is 4.39. The Morgan fingerprint density at radius 3 is 2.80 bits per heavy atom. The third kappa shape index (κ3) is 3.26. The van der Waals surface area contributed by atoms with Crippen LogP contribution in [0.15, 0.2) is 24.3 Å². The van der Waals surface area contributed by atoms with Crippen molar-refractivity contribution < 1.29 is 4.74 Å². The molecule has 1 aromatic rings. The summed E-state index contributed by atoms with van der Waals surface area (Å²) < 4.78 is 5.79. The van der Waals surface area contributed by atoms with Crippen molar-refractivity contribution in [2.75, 3.05) is 29.9 Å². The number of nitrogens with zero attached hydrogens (tertiary/aromatic N) is 1. The molecule has 0 amide bonds. The Morgan fingerprint density at radius 1 is 1.25 bits per heavy atom. The molecule has 0 radical (unpaired) electrons. The molecule has 0 aliphatic carbocycles. The Balaban J connectivity index is 1.66. The number of rotatable bonds is 3. The van der Waals surface area contributed by atoms with E-state index in [0.717, 1.165) is 19.4 Å². The van der Waals surface area contributed by atoms with Gasteiger partial charge < -0.3 is 15.0 Å². The van der Waals surface area contributed by atoms with E-state index in [1.165, 1.54) is 37.3 Å². The van der Waals surface area contributed by atoms with Crippen molar-refractivity contribution in [3.63, 3.8) is 0 Å². The number of ether oxygens (including phenoxy) is 1. The molecule has 2 aliphatic rings. The standard InChI is InChI=1S/C17H26N2O/c1-17(2)13-15(8-11-20-17)18-14-6-5-7-16(12-14)19-9-3-4-10-19/h5-7,12,15,18H,3-4,8-11,13H2,1-2H3. The van der Waals surface area contributed by atoms with Crippen LogP contribution in [-0.2, 0) is 4.74 Å². The fraction of sp³-hybridized carbons (Fsp3) is 0.647. The Kier molecular flexibility index (Phi) is 3.88. The van der Waals surface area contributed by atoms with Gasteiger partial charge in [-0.1, -0.05) is 6.07 Å². The molecule has 1 aromatic carbocycles. The third-order valence-corrected chi connectivity index (χ3v) is 4.39. The molecule has 0 bridgehead atoms. The summed E-state index contributed by atoms with van der Waals surface area (Å²) >= 11 is 0. The van der Waals surface area contributed by atoms with Crippen molar-refractivity contribution >= 4 is 11.4 Å². The molecule has 20 heavy (non-hydrogen) atoms. The molecular formula is C17H26N2O. The zero-order chi connectivity index (χ0) is 14.0. The van der Waals surface area contributed by atoms with Gasteiger partial charge >= 0.3 is 0 Å². The van der Waals surface area contributed by atoms with Crippen LogP contribution in [0.1, 0.15) is 39.5 Å². The molecule has 2 heterocycles. The van der Waals surface area contributed by atoms with E-state index in [9.17, 15) is 0 Å². The fourth-order valence-corrected chi connectivity index (χ4v) is 3.36. The predicted octanol–water partition coefficient (Wildman–Crippen LogP) is 3.66. The summed E-state index contributed by atoms with van der Waals surface area (Å²) in [6, 6.07) is 9.40. The van der Waals surface area contributed by atoms with Crippen molar-refractivity contribution in [2.45, 2.75) is 51.2 Å². The van der Waals surface area contributed by atoms with Gasteiger partial charge in [-0.25, -0.2) is 0 Å². The van der Waals surface area contributed by atoms with Crippen LogP contribution >= 0.6 is 0 Å². The van der Waals surface area contributed by atoms with Crippen molar-refractivity contribution in [1.29, 1.82) is 0 Å². The van der Waals surface area contributed by atoms with Crippen molar-refractivity contribution in [3.8, 4) is 0 Å². The predicted molar refractivity (Wildman–Crippen MR) is 84.6 cm³/mol. The first-order valence-electron chi connectivity index (χ1n) is 7.88. The van der Waals surface area contributed by atoms with Gasteiger partial charge in [0.1, 0.15) is 0 Å². The van der Waals surface area contributed by atoms with Crippen molar-refractivity contribution in [2.24, 2.45) is 0 Å². The lowest BCUT2D eigenvalue weighted by Gasteiger charge is -2.36. The van der Waals surface area contributed by atoms with Crippen LogP contribution < -0.4 is 10.2 Å². The number of hydrogen-bond acceptors (Lipinski definition) is 3. The molecule has 1 unspecified atom stereocenters. The second-order valence-corrected chi connectivity index (χ2v) is 6.69. The van der Waals surface area contributed by atoms with Gasteiger partial charge in [-0.2, -0.15) is 0 Å². The van der Waals surface area contributed by atoms with Crippen molar-refractivity contribution in [1.82, 2.24) is 0 Å². The molecule has 3 heteroatoms. The Labute approximate surface area is 122 Å². The van der Waals surface area contributed by atoms with Crippen LogP contribution in [0.3, 0.4) is 0 Å². The van der Waals surface area contributed by atoms with E-state index in [1.54, 1.807) is 0 Å². The van der Waals surface area contributed by atoms with Crippen molar-refractivity contribution in [3.05, 3.63) is 24.3 Å². The van der Waals surface area contributed by atoms with E-state index in [2.05, 4.69) is 48.3 Å². The van der Waals surface area contributed by atoms with E-state index >= 15 is 0 Å². The number of hydrogen-bond donors (Lipinski definition) is 1. The van der Waals surface area contributed by atoms with Crippen LogP contribution in [0.5, 0.6) is 0 Å². The summed E-state index contributed by atoms with van der Waals surface area (Å²) in [6.45, 7) is 7.63. The number of benzene rings is 1. The maximum atomic E-state index is 5.79. The maximum Gasteiger partial charge on any atom is 0.0646 e. The molecule has 2 saturated heterocycles. The van der Waals surface area contributed by atoms with Gasteiger partial charge in [-0.3, -0.25) is 0 Å². The molecule has 2 fully saturated rings. The van der Waals surface area contributed by atoms with Gasteiger partial charge in [0.2, 0.25) is 0 Å². The molecule has 110 valence electrons. The minimum atomic E-state index is 0.00246. The first-order valence-corrected chi connectivity index (χ1v) is 7.88. The number of nitrogens with one attached hydrogen (secondary N) is 1. The first kappa shape index (κ1) is 13.7. The lowest BCUT2D eigenvalue weighted by Crippen LogP contribution is -2.40. The highest BCUT2D eigenvalue weighted by atomic mass is 16.5. The zero-order valence-corrected chi connectivity index (χ0v) is 12.7. The van der Waals surface area contributed by atoms with E-state index in [-0.39, 0.29) is 5.60 Å². The highest BCUT2D eigenvalue weighted by Crippen LogP contribution is 2.28. The average molecular weight is 274 g/mol. The molecular weight excluding hydrogens is 248 g/mol. The maximum absolute atomic E-state index is 5.79. The Bertz CT molecular complexity index is 452. The SMILES string of the molecule is CC1(C)CC(Nc2cccc(N3CCCC3)c2)CCO1. The summed E-state index contributed by atoms with van der Waals surface area (Å²) in [5.74, 6) is 0. The molecule has 1 atom stereocenters. The van der Waals surface area contributed by atoms with Crippen LogP contribution in [-0.4, -0.2) is 31.3 Å². The molecule has 0 saturated carbocycles. The highest BCUT2D eigenvalue weighted by Gasteiger charge is 2.28. The van der Waals surface area contributed by atoms with Gasteiger partial charge in [0, 0.05) is 37.1 Å². The normalized spacial score (nSPS) is 25.7. The van der Waals surface area contributed by atoms with Gasteiger partial charge in [-0.15, -0.1) is 0 Å². The van der Waals surface area contributed by atoms with Crippen LogP contribution in [0.25, 0.3) is 0 Å². The largest absolute Gasteiger partial charge is 0.382 e. The Morgan fingerprint density at radius 2 is 2.05 bits per heavy atom. The molecule has 3 nitrogen and oxygen atoms in total. The van der Waals surface area contributed by atoms with Crippen LogP contribution in [0.2, 0.25) is 0 Å². The lowest BCUT2D eigenvalue weighted by molar-refractivity contribution is -0.0553. The Hall–Kier alpha value is -1.22. The van der Waals surface area contributed by atoms with Crippen LogP contribution in [0.4, 0.5) is 11.4 Å². The van der Waals surface area contributed by atoms with Gasteiger partial charge in [0.05, 0.1) is 5.60 Å². The minimum absolute atomic E-state index is 0.00246. The highest BCUT2D eigenvalue weighted by molar-refractivity contribution is 5.58. The van der Waals surface area contributed by atoms with Gasteiger partial charge in [0.25, 0.3) is 0 Å². The number of anilines is 2. The van der Waals surface area contributed by atoms with Gasteiger partial charge in [-0.05, 0) is 57.7 Å². The molecule has 2 aliphatic heterocycles. The molecule has 0 spiro atoms. The summed E-state index contributed by atoms with van der Waals surface area (Å²) in [5.41, 5.74) is 2.61. The second-order valence-electron chi connectivity index (χ2n) is 6.69. The average Bonchev–Trinajstić information content (AvgIpc) is 2.91. The van der Waals surface area contributed by atoms with E-state index in [4.69, 9.17) is 4.74 Å².